The Balaban J connectivity index is 1.24. The Hall–Kier alpha value is -3.48. The molecule has 0 bridgehead atoms. The van der Waals surface area contributed by atoms with Gasteiger partial charge in [-0.2, -0.15) is 0 Å². The smallest absolute Gasteiger partial charge is 0.483 e. The molecule has 1 saturated heterocycles. The Labute approximate surface area is 209 Å². The van der Waals surface area contributed by atoms with Crippen LogP contribution >= 0.6 is 0 Å². The molecule has 0 spiro atoms. The minimum atomic E-state index is -4.68. The van der Waals surface area contributed by atoms with Crippen molar-refractivity contribution in [3.63, 3.8) is 0 Å². The Bertz CT molecular complexity index is 1160. The average molecular weight is 498 g/mol. The molecule has 0 unspecified atom stereocenters. The van der Waals surface area contributed by atoms with Gasteiger partial charge in [-0.25, -0.2) is 0 Å². The first kappa shape index (κ1) is 25.6. The lowest BCUT2D eigenvalue weighted by Crippen LogP contribution is -2.41. The molecule has 3 aromatic rings. The molecule has 1 aliphatic rings. The van der Waals surface area contributed by atoms with Gasteiger partial charge in [-0.1, -0.05) is 54.6 Å². The molecule has 0 saturated carbocycles. The molecule has 1 amide bonds. The van der Waals surface area contributed by atoms with E-state index in [2.05, 4.69) is 4.74 Å². The van der Waals surface area contributed by atoms with Gasteiger partial charge in [0.2, 0.25) is 0 Å². The third-order valence-electron chi connectivity index (χ3n) is 6.66. The fourth-order valence-electron chi connectivity index (χ4n) is 4.66. The maximum atomic E-state index is 12.8. The zero-order chi connectivity index (χ0) is 25.5. The lowest BCUT2D eigenvalue weighted by molar-refractivity contribution is -0.274. The van der Waals surface area contributed by atoms with Crippen molar-refractivity contribution in [2.75, 3.05) is 19.7 Å². The van der Waals surface area contributed by atoms with Gasteiger partial charge in [0.05, 0.1) is 0 Å². The number of hydrogen-bond donors (Lipinski definition) is 0. The topological polar surface area (TPSA) is 38.8 Å². The summed E-state index contributed by atoms with van der Waals surface area (Å²) in [5.74, 6) is 0.949. The van der Waals surface area contributed by atoms with Crippen LogP contribution in [0.15, 0.2) is 72.8 Å². The van der Waals surface area contributed by atoms with E-state index in [1.54, 1.807) is 13.0 Å². The van der Waals surface area contributed by atoms with E-state index in [0.717, 1.165) is 47.9 Å². The van der Waals surface area contributed by atoms with E-state index in [1.807, 2.05) is 59.5 Å². The summed E-state index contributed by atoms with van der Waals surface area (Å²) >= 11 is 0. The summed E-state index contributed by atoms with van der Waals surface area (Å²) in [6.07, 6.45) is -1.16. The Morgan fingerprint density at radius 3 is 2.36 bits per heavy atom. The summed E-state index contributed by atoms with van der Waals surface area (Å²) in [4.78, 5) is 14.6. The van der Waals surface area contributed by atoms with Gasteiger partial charge in [0, 0.05) is 18.7 Å². The van der Waals surface area contributed by atoms with Crippen LogP contribution in [-0.4, -0.2) is 36.9 Å². The predicted molar refractivity (Wildman–Crippen MR) is 133 cm³/mol. The molecule has 1 fully saturated rings. The quantitative estimate of drug-likeness (QED) is 0.343. The summed E-state index contributed by atoms with van der Waals surface area (Å²) in [5, 5.41) is 0. The second kappa shape index (κ2) is 11.5. The fraction of sp³-hybridized carbons (Fsp3) is 0.345. The second-order valence-corrected chi connectivity index (χ2v) is 9.15. The number of rotatable bonds is 8. The van der Waals surface area contributed by atoms with Gasteiger partial charge in [0.25, 0.3) is 5.91 Å². The molecule has 7 heteroatoms. The highest BCUT2D eigenvalue weighted by Crippen LogP contribution is 2.30. The maximum Gasteiger partial charge on any atom is 0.573 e. The number of aryl methyl sites for hydroxylation is 2. The van der Waals surface area contributed by atoms with Gasteiger partial charge in [-0.3, -0.25) is 4.79 Å². The number of benzene rings is 3. The number of carbonyl (C=O) groups is 1. The zero-order valence-corrected chi connectivity index (χ0v) is 20.3. The number of ether oxygens (including phenoxy) is 2. The minimum Gasteiger partial charge on any atom is -0.483 e. The van der Waals surface area contributed by atoms with Crippen LogP contribution in [0.25, 0.3) is 11.1 Å². The molecule has 0 radical (unpaired) electrons. The van der Waals surface area contributed by atoms with Gasteiger partial charge in [-0.05, 0) is 73.4 Å². The molecule has 36 heavy (non-hydrogen) atoms. The van der Waals surface area contributed by atoms with E-state index in [4.69, 9.17) is 4.74 Å². The third kappa shape index (κ3) is 7.03. The Morgan fingerprint density at radius 2 is 1.67 bits per heavy atom. The summed E-state index contributed by atoms with van der Waals surface area (Å²) in [5.41, 5.74) is 3.81. The number of piperidine rings is 1. The van der Waals surface area contributed by atoms with Crippen LogP contribution in [-0.2, 0) is 11.2 Å². The number of alkyl halides is 3. The molecule has 4 rings (SSSR count). The molecule has 0 aliphatic carbocycles. The van der Waals surface area contributed by atoms with Crippen molar-refractivity contribution in [2.45, 2.75) is 39.0 Å². The molecule has 190 valence electrons. The van der Waals surface area contributed by atoms with Crippen LogP contribution < -0.4 is 9.47 Å². The normalized spacial score (nSPS) is 14.5. The first-order valence-corrected chi connectivity index (χ1v) is 12.2. The molecule has 0 N–H and O–H groups in total. The molecular formula is C29H30F3NO3. The van der Waals surface area contributed by atoms with Crippen molar-refractivity contribution in [3.8, 4) is 22.6 Å². The summed E-state index contributed by atoms with van der Waals surface area (Å²) < 4.78 is 47.2. The van der Waals surface area contributed by atoms with Crippen molar-refractivity contribution in [1.29, 1.82) is 0 Å². The summed E-state index contributed by atoms with van der Waals surface area (Å²) in [6.45, 7) is 3.17. The van der Waals surface area contributed by atoms with E-state index in [-0.39, 0.29) is 18.3 Å². The van der Waals surface area contributed by atoms with Crippen molar-refractivity contribution in [2.24, 2.45) is 5.92 Å². The molecule has 1 aliphatic heterocycles. The minimum absolute atomic E-state index is 0.0000533. The van der Waals surface area contributed by atoms with Crippen LogP contribution in [0.2, 0.25) is 0 Å². The summed E-state index contributed by atoms with van der Waals surface area (Å²) in [6, 6.07) is 22.2. The van der Waals surface area contributed by atoms with E-state index in [0.29, 0.717) is 24.8 Å². The number of nitrogens with zero attached hydrogens (tertiary/aromatic N) is 1. The first-order chi connectivity index (χ1) is 17.3. The summed E-state index contributed by atoms with van der Waals surface area (Å²) in [7, 11) is 0. The molecule has 0 atom stereocenters. The molecular weight excluding hydrogens is 467 g/mol. The highest BCUT2D eigenvalue weighted by Gasteiger charge is 2.31. The van der Waals surface area contributed by atoms with Crippen LogP contribution in [0.5, 0.6) is 11.5 Å². The number of carbonyl (C=O) groups excluding carboxylic acids is 1. The number of para-hydroxylation sites is 1. The van der Waals surface area contributed by atoms with Gasteiger partial charge in [0.1, 0.15) is 11.5 Å². The molecule has 4 nitrogen and oxygen atoms in total. The Kier molecular flexibility index (Phi) is 8.18. The van der Waals surface area contributed by atoms with Crippen LogP contribution in [0.1, 0.15) is 30.4 Å². The fourth-order valence-corrected chi connectivity index (χ4v) is 4.66. The maximum absolute atomic E-state index is 12.8. The van der Waals surface area contributed by atoms with Crippen LogP contribution in [0.4, 0.5) is 13.2 Å². The largest absolute Gasteiger partial charge is 0.573 e. The SMILES string of the molecule is Cc1cc(OC(F)(F)F)ccc1CCC1CCN(C(=O)COc2ccccc2-c2ccccc2)CC1. The van der Waals surface area contributed by atoms with Crippen molar-refractivity contribution >= 4 is 5.91 Å². The Morgan fingerprint density at radius 1 is 0.972 bits per heavy atom. The van der Waals surface area contributed by atoms with Gasteiger partial charge in [0.15, 0.2) is 6.61 Å². The van der Waals surface area contributed by atoms with Crippen LogP contribution in [0.3, 0.4) is 0 Å². The van der Waals surface area contributed by atoms with Gasteiger partial charge >= 0.3 is 6.36 Å². The van der Waals surface area contributed by atoms with E-state index < -0.39 is 6.36 Å². The monoisotopic (exact) mass is 497 g/mol. The number of likely N-dealkylation sites (tertiary alicyclic amines) is 1. The number of hydrogen-bond acceptors (Lipinski definition) is 3. The van der Waals surface area contributed by atoms with Crippen molar-refractivity contribution < 1.29 is 27.4 Å². The second-order valence-electron chi connectivity index (χ2n) is 9.15. The molecule has 1 heterocycles. The van der Waals surface area contributed by atoms with E-state index in [9.17, 15) is 18.0 Å². The highest BCUT2D eigenvalue weighted by atomic mass is 19.4. The van der Waals surface area contributed by atoms with Gasteiger partial charge in [-0.15, -0.1) is 13.2 Å². The lowest BCUT2D eigenvalue weighted by Gasteiger charge is -2.32. The highest BCUT2D eigenvalue weighted by molar-refractivity contribution is 5.78. The van der Waals surface area contributed by atoms with Gasteiger partial charge < -0.3 is 14.4 Å². The number of halogens is 3. The van der Waals surface area contributed by atoms with Crippen molar-refractivity contribution in [1.82, 2.24) is 4.90 Å². The zero-order valence-electron chi connectivity index (χ0n) is 20.3. The molecule has 3 aromatic carbocycles. The number of amides is 1. The van der Waals surface area contributed by atoms with Crippen LogP contribution in [0, 0.1) is 12.8 Å². The van der Waals surface area contributed by atoms with E-state index in [1.165, 1.54) is 12.1 Å². The van der Waals surface area contributed by atoms with E-state index >= 15 is 0 Å². The lowest BCUT2D eigenvalue weighted by atomic mass is 9.89. The molecule has 0 aromatic heterocycles. The predicted octanol–water partition coefficient (Wildman–Crippen LogP) is 6.81. The standard InChI is InChI=1S/C29H30F3NO3/c1-21-19-25(36-29(30,31)32)14-13-23(21)12-11-22-15-17-33(18-16-22)28(34)20-35-27-10-6-5-9-26(27)24-7-3-2-4-8-24/h2-10,13-14,19,22H,11-12,15-18,20H2,1H3. The third-order valence-corrected chi connectivity index (χ3v) is 6.66. The average Bonchev–Trinajstić information content (AvgIpc) is 2.87. The first-order valence-electron chi connectivity index (χ1n) is 12.2. The van der Waals surface area contributed by atoms with Crippen molar-refractivity contribution in [3.05, 3.63) is 83.9 Å².